The summed E-state index contributed by atoms with van der Waals surface area (Å²) in [5, 5.41) is 7.92. The number of para-hydroxylation sites is 1. The van der Waals surface area contributed by atoms with Crippen molar-refractivity contribution in [2.75, 3.05) is 36.4 Å². The number of nitrogens with zero attached hydrogens (tertiary/aromatic N) is 2. The number of sulfonamides is 1. The highest BCUT2D eigenvalue weighted by molar-refractivity contribution is 7.89. The van der Waals surface area contributed by atoms with Crippen LogP contribution in [-0.2, 0) is 14.8 Å². The maximum absolute atomic E-state index is 12.6. The average Bonchev–Trinajstić information content (AvgIpc) is 2.68. The van der Waals surface area contributed by atoms with Crippen LogP contribution in [0.5, 0.6) is 0 Å². The molecule has 3 N–H and O–H groups in total. The predicted molar refractivity (Wildman–Crippen MR) is 106 cm³/mol. The van der Waals surface area contributed by atoms with Gasteiger partial charge in [0.05, 0.1) is 10.9 Å². The van der Waals surface area contributed by atoms with Gasteiger partial charge in [0.2, 0.25) is 15.9 Å². The molecule has 0 radical (unpaired) electrons. The Morgan fingerprint density at radius 3 is 2.33 bits per heavy atom. The number of anilines is 2. The van der Waals surface area contributed by atoms with Crippen LogP contribution in [-0.4, -0.2) is 51.4 Å². The van der Waals surface area contributed by atoms with Crippen LogP contribution in [0.3, 0.4) is 0 Å². The number of rotatable bonds is 5. The molecule has 0 saturated carbocycles. The van der Waals surface area contributed by atoms with E-state index in [0.29, 0.717) is 5.69 Å². The van der Waals surface area contributed by atoms with E-state index in [2.05, 4.69) is 27.2 Å². The van der Waals surface area contributed by atoms with Crippen LogP contribution >= 0.6 is 0 Å². The van der Waals surface area contributed by atoms with Crippen molar-refractivity contribution in [1.82, 2.24) is 4.90 Å². The molecular weight excluding hydrogens is 364 g/mol. The molecule has 1 aliphatic rings. The Morgan fingerprint density at radius 1 is 1.04 bits per heavy atom. The van der Waals surface area contributed by atoms with Gasteiger partial charge in [-0.25, -0.2) is 13.6 Å². The van der Waals surface area contributed by atoms with Crippen molar-refractivity contribution in [1.29, 1.82) is 0 Å². The molecule has 1 fully saturated rings. The smallest absolute Gasteiger partial charge is 0.241 e. The fraction of sp³-hybridized carbons (Fsp3) is 0.316. The first-order valence-corrected chi connectivity index (χ1v) is 10.4. The minimum atomic E-state index is -3.80. The number of piperazine rings is 1. The van der Waals surface area contributed by atoms with E-state index in [1.165, 1.54) is 17.8 Å². The van der Waals surface area contributed by atoms with Gasteiger partial charge in [-0.1, -0.05) is 24.3 Å². The Labute approximate surface area is 159 Å². The zero-order valence-corrected chi connectivity index (χ0v) is 16.0. The number of hydrogen-bond acceptors (Lipinski definition) is 5. The van der Waals surface area contributed by atoms with Gasteiger partial charge >= 0.3 is 0 Å². The Kier molecular flexibility index (Phi) is 5.79. The fourth-order valence-corrected chi connectivity index (χ4v) is 3.73. The molecule has 3 rings (SSSR count). The standard InChI is InChI=1S/C19H24N4O3S/c1-15(19(24)21-16-6-5-9-18(14-16)27(20,25)26)22-10-12-23(13-11-22)17-7-3-2-4-8-17/h2-9,14-15H,10-13H2,1H3,(H,21,24)(H2,20,25,26). The minimum absolute atomic E-state index is 0.0237. The molecule has 1 aliphatic heterocycles. The first kappa shape index (κ1) is 19.3. The summed E-state index contributed by atoms with van der Waals surface area (Å²) in [7, 11) is -3.80. The maximum atomic E-state index is 12.6. The number of nitrogens with two attached hydrogens (primary N) is 1. The number of benzene rings is 2. The first-order valence-electron chi connectivity index (χ1n) is 8.82. The van der Waals surface area contributed by atoms with Gasteiger partial charge in [0, 0.05) is 37.6 Å². The maximum Gasteiger partial charge on any atom is 0.241 e. The molecule has 1 atom stereocenters. The number of amides is 1. The van der Waals surface area contributed by atoms with Crippen LogP contribution in [0.4, 0.5) is 11.4 Å². The third-order valence-corrected chi connectivity index (χ3v) is 5.70. The van der Waals surface area contributed by atoms with Gasteiger partial charge in [0.1, 0.15) is 0 Å². The van der Waals surface area contributed by atoms with Gasteiger partial charge in [0.15, 0.2) is 0 Å². The van der Waals surface area contributed by atoms with Crippen molar-refractivity contribution in [3.05, 3.63) is 54.6 Å². The molecule has 7 nitrogen and oxygen atoms in total. The van der Waals surface area contributed by atoms with E-state index >= 15 is 0 Å². The van der Waals surface area contributed by atoms with Gasteiger partial charge in [-0.3, -0.25) is 9.69 Å². The molecule has 1 amide bonds. The Hall–Kier alpha value is -2.42. The predicted octanol–water partition coefficient (Wildman–Crippen LogP) is 1.48. The zero-order valence-electron chi connectivity index (χ0n) is 15.2. The molecule has 1 unspecified atom stereocenters. The topological polar surface area (TPSA) is 95.7 Å². The molecule has 0 aliphatic carbocycles. The average molecular weight is 388 g/mol. The second-order valence-electron chi connectivity index (χ2n) is 6.60. The molecule has 2 aromatic carbocycles. The van der Waals surface area contributed by atoms with Crippen molar-refractivity contribution < 1.29 is 13.2 Å². The molecule has 0 spiro atoms. The van der Waals surface area contributed by atoms with Crippen LogP contribution in [0.15, 0.2) is 59.5 Å². The molecular formula is C19H24N4O3S. The lowest BCUT2D eigenvalue weighted by atomic mass is 10.2. The molecule has 0 aromatic heterocycles. The summed E-state index contributed by atoms with van der Waals surface area (Å²) in [6.45, 7) is 5.11. The second-order valence-corrected chi connectivity index (χ2v) is 8.16. The van der Waals surface area contributed by atoms with Crippen molar-refractivity contribution in [2.24, 2.45) is 5.14 Å². The molecule has 27 heavy (non-hydrogen) atoms. The third kappa shape index (κ3) is 4.85. The van der Waals surface area contributed by atoms with Gasteiger partial charge in [0.25, 0.3) is 0 Å². The molecule has 2 aromatic rings. The summed E-state index contributed by atoms with van der Waals surface area (Å²) in [6.07, 6.45) is 0. The van der Waals surface area contributed by atoms with E-state index in [1.54, 1.807) is 12.1 Å². The number of nitrogens with one attached hydrogen (secondary N) is 1. The van der Waals surface area contributed by atoms with Crippen LogP contribution in [0.25, 0.3) is 0 Å². The fourth-order valence-electron chi connectivity index (χ4n) is 3.17. The zero-order chi connectivity index (χ0) is 19.4. The highest BCUT2D eigenvalue weighted by Crippen LogP contribution is 2.18. The lowest BCUT2D eigenvalue weighted by Gasteiger charge is -2.38. The minimum Gasteiger partial charge on any atom is -0.369 e. The monoisotopic (exact) mass is 388 g/mol. The number of carbonyl (C=O) groups excluding carboxylic acids is 1. The summed E-state index contributed by atoms with van der Waals surface area (Å²) in [6, 6.07) is 15.9. The van der Waals surface area contributed by atoms with E-state index in [1.807, 2.05) is 25.1 Å². The molecule has 144 valence electrons. The van der Waals surface area contributed by atoms with E-state index in [-0.39, 0.29) is 16.8 Å². The van der Waals surface area contributed by atoms with Crippen molar-refractivity contribution in [3.63, 3.8) is 0 Å². The van der Waals surface area contributed by atoms with Gasteiger partial charge in [-0.15, -0.1) is 0 Å². The molecule has 1 saturated heterocycles. The highest BCUT2D eigenvalue weighted by atomic mass is 32.2. The van der Waals surface area contributed by atoms with Gasteiger partial charge < -0.3 is 10.2 Å². The summed E-state index contributed by atoms with van der Waals surface area (Å²) < 4.78 is 22.9. The van der Waals surface area contributed by atoms with E-state index in [0.717, 1.165) is 26.2 Å². The SMILES string of the molecule is CC(C(=O)Nc1cccc(S(N)(=O)=O)c1)N1CCN(c2ccccc2)CC1. The molecule has 1 heterocycles. The van der Waals surface area contributed by atoms with Crippen LogP contribution in [0.2, 0.25) is 0 Å². The third-order valence-electron chi connectivity index (χ3n) is 4.79. The number of primary sulfonamides is 1. The van der Waals surface area contributed by atoms with Crippen LogP contribution < -0.4 is 15.4 Å². The molecule has 0 bridgehead atoms. The van der Waals surface area contributed by atoms with Gasteiger partial charge in [-0.05, 0) is 37.3 Å². The van der Waals surface area contributed by atoms with E-state index < -0.39 is 10.0 Å². The lowest BCUT2D eigenvalue weighted by molar-refractivity contribution is -0.120. The van der Waals surface area contributed by atoms with E-state index in [9.17, 15) is 13.2 Å². The first-order chi connectivity index (χ1) is 12.8. The normalized spacial score (nSPS) is 16.7. The van der Waals surface area contributed by atoms with Crippen LogP contribution in [0.1, 0.15) is 6.92 Å². The largest absolute Gasteiger partial charge is 0.369 e. The second kappa shape index (κ2) is 8.08. The highest BCUT2D eigenvalue weighted by Gasteiger charge is 2.25. The lowest BCUT2D eigenvalue weighted by Crippen LogP contribution is -2.52. The summed E-state index contributed by atoms with van der Waals surface area (Å²) in [4.78, 5) is 17.0. The number of hydrogen-bond donors (Lipinski definition) is 2. The summed E-state index contributed by atoms with van der Waals surface area (Å²) in [5.41, 5.74) is 1.61. The Morgan fingerprint density at radius 2 is 1.70 bits per heavy atom. The van der Waals surface area contributed by atoms with Crippen molar-refractivity contribution in [2.45, 2.75) is 17.9 Å². The summed E-state index contributed by atoms with van der Waals surface area (Å²) >= 11 is 0. The van der Waals surface area contributed by atoms with Crippen molar-refractivity contribution in [3.8, 4) is 0 Å². The van der Waals surface area contributed by atoms with E-state index in [4.69, 9.17) is 5.14 Å². The van der Waals surface area contributed by atoms with Gasteiger partial charge in [-0.2, -0.15) is 0 Å². The molecule has 8 heteroatoms. The van der Waals surface area contributed by atoms with Crippen molar-refractivity contribution >= 4 is 27.3 Å². The summed E-state index contributed by atoms with van der Waals surface area (Å²) in [5.74, 6) is -0.172. The number of carbonyl (C=O) groups is 1. The van der Waals surface area contributed by atoms with Crippen LogP contribution in [0, 0.1) is 0 Å². The quantitative estimate of drug-likeness (QED) is 0.809. The Bertz CT molecular complexity index is 894. The Balaban J connectivity index is 1.59.